The molecule has 0 aromatic rings. The van der Waals surface area contributed by atoms with E-state index in [2.05, 4.69) is 18.6 Å². The second kappa shape index (κ2) is 6.73. The molecule has 1 aliphatic rings. The SMILES string of the molecule is COC(=O)CN(C)CC(=O)N1C(C)CCCC1C. The number of nitrogens with zero attached hydrogens (tertiary/aromatic N) is 2. The number of likely N-dealkylation sites (N-methyl/N-ethyl adjacent to an activating group) is 1. The molecule has 1 amide bonds. The van der Waals surface area contributed by atoms with E-state index >= 15 is 0 Å². The van der Waals surface area contributed by atoms with Crippen molar-refractivity contribution in [2.24, 2.45) is 0 Å². The topological polar surface area (TPSA) is 49.9 Å². The summed E-state index contributed by atoms with van der Waals surface area (Å²) in [6, 6.07) is 0.598. The molecule has 5 heteroatoms. The Morgan fingerprint density at radius 1 is 1.22 bits per heavy atom. The summed E-state index contributed by atoms with van der Waals surface area (Å²) < 4.78 is 4.58. The predicted octanol–water partition coefficient (Wildman–Crippen LogP) is 0.881. The molecule has 1 fully saturated rings. The zero-order valence-corrected chi connectivity index (χ0v) is 11.8. The lowest BCUT2D eigenvalue weighted by Crippen LogP contribution is -2.51. The lowest BCUT2D eigenvalue weighted by molar-refractivity contribution is -0.143. The van der Waals surface area contributed by atoms with Gasteiger partial charge in [-0.15, -0.1) is 0 Å². The highest BCUT2D eigenvalue weighted by atomic mass is 16.5. The van der Waals surface area contributed by atoms with E-state index < -0.39 is 0 Å². The first-order valence-electron chi connectivity index (χ1n) is 6.52. The van der Waals surface area contributed by atoms with E-state index in [1.165, 1.54) is 13.5 Å². The van der Waals surface area contributed by atoms with E-state index in [0.717, 1.165) is 12.8 Å². The van der Waals surface area contributed by atoms with E-state index in [1.54, 1.807) is 11.9 Å². The van der Waals surface area contributed by atoms with Crippen LogP contribution in [0.2, 0.25) is 0 Å². The van der Waals surface area contributed by atoms with Crippen molar-refractivity contribution in [3.05, 3.63) is 0 Å². The van der Waals surface area contributed by atoms with Gasteiger partial charge < -0.3 is 9.64 Å². The number of ether oxygens (including phenoxy) is 1. The maximum Gasteiger partial charge on any atom is 0.319 e. The van der Waals surface area contributed by atoms with Crippen LogP contribution in [0.1, 0.15) is 33.1 Å². The van der Waals surface area contributed by atoms with Crippen molar-refractivity contribution in [3.8, 4) is 0 Å². The number of rotatable bonds is 4. The van der Waals surface area contributed by atoms with Crippen LogP contribution in [0, 0.1) is 0 Å². The maximum atomic E-state index is 12.2. The van der Waals surface area contributed by atoms with Crippen LogP contribution < -0.4 is 0 Å². The summed E-state index contributed by atoms with van der Waals surface area (Å²) in [5, 5.41) is 0. The van der Waals surface area contributed by atoms with Crippen molar-refractivity contribution < 1.29 is 14.3 Å². The maximum absolute atomic E-state index is 12.2. The Morgan fingerprint density at radius 2 is 1.78 bits per heavy atom. The summed E-state index contributed by atoms with van der Waals surface area (Å²) in [5.74, 6) is -0.217. The molecule has 1 rings (SSSR count). The van der Waals surface area contributed by atoms with Crippen LogP contribution in [-0.4, -0.2) is 61.0 Å². The molecule has 1 heterocycles. The first-order valence-corrected chi connectivity index (χ1v) is 6.52. The van der Waals surface area contributed by atoms with Gasteiger partial charge in [0.2, 0.25) is 5.91 Å². The minimum absolute atomic E-state index is 0.0982. The van der Waals surface area contributed by atoms with Gasteiger partial charge >= 0.3 is 5.97 Å². The summed E-state index contributed by atoms with van der Waals surface area (Å²) in [7, 11) is 3.11. The average Bonchev–Trinajstić information content (AvgIpc) is 2.28. The van der Waals surface area contributed by atoms with Gasteiger partial charge in [0.15, 0.2) is 0 Å². The lowest BCUT2D eigenvalue weighted by Gasteiger charge is -2.39. The fraction of sp³-hybridized carbons (Fsp3) is 0.846. The molecule has 0 radical (unpaired) electrons. The van der Waals surface area contributed by atoms with E-state index in [4.69, 9.17) is 0 Å². The molecule has 104 valence electrons. The molecule has 1 saturated heterocycles. The molecule has 0 N–H and O–H groups in total. The molecule has 18 heavy (non-hydrogen) atoms. The molecule has 0 bridgehead atoms. The van der Waals surface area contributed by atoms with Gasteiger partial charge in [0.1, 0.15) is 0 Å². The van der Waals surface area contributed by atoms with Crippen LogP contribution >= 0.6 is 0 Å². The van der Waals surface area contributed by atoms with Gasteiger partial charge in [0.25, 0.3) is 0 Å². The fourth-order valence-electron chi connectivity index (χ4n) is 2.57. The molecule has 2 unspecified atom stereocenters. The molecule has 0 aromatic carbocycles. The van der Waals surface area contributed by atoms with E-state index in [1.807, 2.05) is 4.90 Å². The summed E-state index contributed by atoms with van der Waals surface area (Å²) >= 11 is 0. The van der Waals surface area contributed by atoms with Gasteiger partial charge in [-0.25, -0.2) is 0 Å². The van der Waals surface area contributed by atoms with Crippen molar-refractivity contribution in [3.63, 3.8) is 0 Å². The number of esters is 1. The van der Waals surface area contributed by atoms with Crippen molar-refractivity contribution in [1.82, 2.24) is 9.80 Å². The van der Waals surface area contributed by atoms with Crippen molar-refractivity contribution in [1.29, 1.82) is 0 Å². The Balaban J connectivity index is 2.50. The van der Waals surface area contributed by atoms with Gasteiger partial charge in [0, 0.05) is 12.1 Å². The van der Waals surface area contributed by atoms with Gasteiger partial charge in [-0.2, -0.15) is 0 Å². The fourth-order valence-corrected chi connectivity index (χ4v) is 2.57. The smallest absolute Gasteiger partial charge is 0.319 e. The van der Waals surface area contributed by atoms with Crippen LogP contribution in [0.5, 0.6) is 0 Å². The highest BCUT2D eigenvalue weighted by Gasteiger charge is 2.29. The molecule has 0 saturated carbocycles. The monoisotopic (exact) mass is 256 g/mol. The first kappa shape index (κ1) is 15.0. The van der Waals surface area contributed by atoms with E-state index in [-0.39, 0.29) is 25.0 Å². The highest BCUT2D eigenvalue weighted by Crippen LogP contribution is 2.22. The predicted molar refractivity (Wildman–Crippen MR) is 69.1 cm³/mol. The Morgan fingerprint density at radius 3 is 2.28 bits per heavy atom. The third kappa shape index (κ3) is 3.98. The number of hydrogen-bond donors (Lipinski definition) is 0. The number of carbonyl (C=O) groups is 2. The Kier molecular flexibility index (Phi) is 5.59. The minimum Gasteiger partial charge on any atom is -0.468 e. The number of amides is 1. The average molecular weight is 256 g/mol. The molecule has 2 atom stereocenters. The molecule has 5 nitrogen and oxygen atoms in total. The molecule has 0 aliphatic carbocycles. The summed E-state index contributed by atoms with van der Waals surface area (Å²) in [6.07, 6.45) is 3.32. The van der Waals surface area contributed by atoms with Gasteiger partial charge in [-0.1, -0.05) is 0 Å². The summed E-state index contributed by atoms with van der Waals surface area (Å²) in [6.45, 7) is 4.60. The minimum atomic E-state index is -0.315. The number of piperidine rings is 1. The second-order valence-corrected chi connectivity index (χ2v) is 5.18. The Hall–Kier alpha value is -1.10. The third-order valence-corrected chi connectivity index (χ3v) is 3.51. The number of methoxy groups -OCH3 is 1. The van der Waals surface area contributed by atoms with Crippen molar-refractivity contribution in [2.45, 2.75) is 45.2 Å². The summed E-state index contributed by atoms with van der Waals surface area (Å²) in [5.41, 5.74) is 0. The van der Waals surface area contributed by atoms with Crippen LogP contribution in [-0.2, 0) is 14.3 Å². The van der Waals surface area contributed by atoms with Crippen LogP contribution in [0.4, 0.5) is 0 Å². The Bertz CT molecular complexity index is 297. The normalized spacial score (nSPS) is 24.2. The van der Waals surface area contributed by atoms with Crippen molar-refractivity contribution >= 4 is 11.9 Å². The quantitative estimate of drug-likeness (QED) is 0.701. The second-order valence-electron chi connectivity index (χ2n) is 5.18. The highest BCUT2D eigenvalue weighted by molar-refractivity contribution is 5.80. The number of hydrogen-bond acceptors (Lipinski definition) is 4. The molecule has 1 aliphatic heterocycles. The van der Waals surface area contributed by atoms with Gasteiger partial charge in [-0.05, 0) is 40.2 Å². The molecule has 0 spiro atoms. The molecule has 0 aromatic heterocycles. The zero-order chi connectivity index (χ0) is 13.7. The number of likely N-dealkylation sites (tertiary alicyclic amines) is 1. The first-order chi connectivity index (χ1) is 8.45. The van der Waals surface area contributed by atoms with Crippen LogP contribution in [0.15, 0.2) is 0 Å². The third-order valence-electron chi connectivity index (χ3n) is 3.51. The molecular formula is C13H24N2O3. The zero-order valence-electron chi connectivity index (χ0n) is 11.8. The lowest BCUT2D eigenvalue weighted by atomic mass is 9.97. The molecular weight excluding hydrogens is 232 g/mol. The number of carbonyl (C=O) groups excluding carboxylic acids is 2. The van der Waals surface area contributed by atoms with Crippen LogP contribution in [0.3, 0.4) is 0 Å². The van der Waals surface area contributed by atoms with E-state index in [0.29, 0.717) is 12.1 Å². The summed E-state index contributed by atoms with van der Waals surface area (Å²) in [4.78, 5) is 27.0. The standard InChI is InChI=1S/C13H24N2O3/c1-10-6-5-7-11(2)15(10)12(16)8-14(3)9-13(17)18-4/h10-11H,5-9H2,1-4H3. The van der Waals surface area contributed by atoms with E-state index in [9.17, 15) is 9.59 Å². The largest absolute Gasteiger partial charge is 0.468 e. The Labute approximate surface area is 109 Å². The van der Waals surface area contributed by atoms with Crippen molar-refractivity contribution in [2.75, 3.05) is 27.2 Å². The van der Waals surface area contributed by atoms with Gasteiger partial charge in [-0.3, -0.25) is 14.5 Å². The van der Waals surface area contributed by atoms with Gasteiger partial charge in [0.05, 0.1) is 20.2 Å². The van der Waals surface area contributed by atoms with Crippen LogP contribution in [0.25, 0.3) is 0 Å².